The molecule has 1 aromatic carbocycles. The molecule has 0 atom stereocenters. The molecule has 0 fully saturated rings. The molecule has 1 amide bonds. The van der Waals surface area contributed by atoms with Gasteiger partial charge in [0.15, 0.2) is 5.82 Å². The van der Waals surface area contributed by atoms with E-state index < -0.39 is 0 Å². The summed E-state index contributed by atoms with van der Waals surface area (Å²) in [6.45, 7) is 1.85. The van der Waals surface area contributed by atoms with Gasteiger partial charge < -0.3 is 5.32 Å². The van der Waals surface area contributed by atoms with Crippen molar-refractivity contribution in [2.24, 2.45) is 0 Å². The number of anilines is 1. The van der Waals surface area contributed by atoms with E-state index in [0.717, 1.165) is 10.4 Å². The summed E-state index contributed by atoms with van der Waals surface area (Å²) in [5.74, 6) is 0.722. The number of aryl methyl sites for hydroxylation is 1. The summed E-state index contributed by atoms with van der Waals surface area (Å²) in [4.78, 5) is 32.3. The van der Waals surface area contributed by atoms with E-state index in [1.165, 1.54) is 21.9 Å². The number of amides is 1. The van der Waals surface area contributed by atoms with Gasteiger partial charge in [-0.05, 0) is 30.0 Å². The van der Waals surface area contributed by atoms with E-state index in [-0.39, 0.29) is 23.1 Å². The minimum atomic E-state index is -0.363. The maximum atomic E-state index is 12.5. The molecule has 7 nitrogen and oxygen atoms in total. The van der Waals surface area contributed by atoms with Crippen molar-refractivity contribution in [2.45, 2.75) is 6.92 Å². The topological polar surface area (TPSA) is 92.1 Å². The van der Waals surface area contributed by atoms with Crippen LogP contribution in [0.2, 0.25) is 0 Å². The zero-order chi connectivity index (χ0) is 17.4. The normalized spacial score (nSPS) is 10.9. The van der Waals surface area contributed by atoms with Gasteiger partial charge in [-0.15, -0.1) is 16.4 Å². The van der Waals surface area contributed by atoms with E-state index in [9.17, 15) is 9.59 Å². The Balaban J connectivity index is 1.78. The molecular formula is C17H13N5O2S. The van der Waals surface area contributed by atoms with Crippen molar-refractivity contribution in [3.63, 3.8) is 0 Å². The number of benzene rings is 1. The number of aromatic nitrogens is 4. The molecule has 0 aliphatic rings. The van der Waals surface area contributed by atoms with Gasteiger partial charge in [-0.25, -0.2) is 0 Å². The van der Waals surface area contributed by atoms with Crippen molar-refractivity contribution < 1.29 is 4.79 Å². The van der Waals surface area contributed by atoms with Crippen molar-refractivity contribution in [3.05, 3.63) is 69.3 Å². The van der Waals surface area contributed by atoms with Crippen LogP contribution in [-0.2, 0) is 0 Å². The maximum Gasteiger partial charge on any atom is 0.257 e. The molecule has 8 heteroatoms. The second-order valence-corrected chi connectivity index (χ2v) is 6.38. The van der Waals surface area contributed by atoms with Crippen molar-refractivity contribution in [3.8, 4) is 10.7 Å². The SMILES string of the molecule is Cc1ccccc1C(=O)Nc1cc(=O)[nH]c2nc(-c3cccs3)nn12. The molecule has 3 aromatic heterocycles. The Bertz CT molecular complexity index is 1130. The molecule has 0 bridgehead atoms. The molecule has 2 N–H and O–H groups in total. The lowest BCUT2D eigenvalue weighted by Crippen LogP contribution is -2.19. The number of carbonyl (C=O) groups is 1. The third-order valence-corrected chi connectivity index (χ3v) is 4.58. The standard InChI is InChI=1S/C17H13N5O2S/c1-10-5-2-3-6-11(10)16(24)18-13-9-14(23)19-17-20-15(21-22(13)17)12-7-4-8-25-12/h2-9H,1H3,(H,18,24)(H,19,20,21,23). The van der Waals surface area contributed by atoms with Crippen LogP contribution in [0.25, 0.3) is 16.5 Å². The first kappa shape index (κ1) is 15.3. The van der Waals surface area contributed by atoms with Gasteiger partial charge in [-0.3, -0.25) is 14.6 Å². The first-order chi connectivity index (χ1) is 12.1. The Morgan fingerprint density at radius 3 is 2.84 bits per heavy atom. The molecule has 0 saturated carbocycles. The predicted molar refractivity (Wildman–Crippen MR) is 96.1 cm³/mol. The Hall–Kier alpha value is -3.26. The summed E-state index contributed by atoms with van der Waals surface area (Å²) in [6, 6.07) is 12.3. The van der Waals surface area contributed by atoms with Crippen LogP contribution in [0.15, 0.2) is 52.6 Å². The van der Waals surface area contributed by atoms with E-state index in [2.05, 4.69) is 20.4 Å². The molecule has 3 heterocycles. The van der Waals surface area contributed by atoms with Crippen LogP contribution in [0, 0.1) is 6.92 Å². The van der Waals surface area contributed by atoms with E-state index in [1.807, 2.05) is 36.6 Å². The summed E-state index contributed by atoms with van der Waals surface area (Å²) < 4.78 is 1.42. The van der Waals surface area contributed by atoms with Crippen LogP contribution < -0.4 is 10.9 Å². The molecular weight excluding hydrogens is 338 g/mol. The summed E-state index contributed by atoms with van der Waals surface area (Å²) in [7, 11) is 0. The van der Waals surface area contributed by atoms with E-state index >= 15 is 0 Å². The predicted octanol–water partition coefficient (Wildman–Crippen LogP) is 2.71. The van der Waals surface area contributed by atoms with Crippen LogP contribution in [0.1, 0.15) is 15.9 Å². The second kappa shape index (κ2) is 5.99. The molecule has 4 aromatic rings. The zero-order valence-electron chi connectivity index (χ0n) is 13.2. The number of thiophene rings is 1. The lowest BCUT2D eigenvalue weighted by atomic mass is 10.1. The number of carbonyl (C=O) groups excluding carboxylic acids is 1. The lowest BCUT2D eigenvalue weighted by molar-refractivity contribution is 0.102. The van der Waals surface area contributed by atoms with Crippen molar-refractivity contribution in [1.82, 2.24) is 19.6 Å². The van der Waals surface area contributed by atoms with Gasteiger partial charge >= 0.3 is 0 Å². The average molecular weight is 351 g/mol. The van der Waals surface area contributed by atoms with Gasteiger partial charge in [0.2, 0.25) is 5.78 Å². The molecule has 4 rings (SSSR count). The van der Waals surface area contributed by atoms with Crippen LogP contribution >= 0.6 is 11.3 Å². The highest BCUT2D eigenvalue weighted by Crippen LogP contribution is 2.22. The smallest absolute Gasteiger partial charge is 0.257 e. The van der Waals surface area contributed by atoms with Crippen molar-refractivity contribution >= 4 is 28.8 Å². The highest BCUT2D eigenvalue weighted by molar-refractivity contribution is 7.13. The highest BCUT2D eigenvalue weighted by Gasteiger charge is 2.15. The largest absolute Gasteiger partial charge is 0.306 e. The molecule has 0 unspecified atom stereocenters. The van der Waals surface area contributed by atoms with Crippen molar-refractivity contribution in [2.75, 3.05) is 5.32 Å². The highest BCUT2D eigenvalue weighted by atomic mass is 32.1. The molecule has 0 aliphatic heterocycles. The van der Waals surface area contributed by atoms with Crippen LogP contribution in [0.4, 0.5) is 5.82 Å². The monoisotopic (exact) mass is 351 g/mol. The molecule has 0 radical (unpaired) electrons. The number of rotatable bonds is 3. The van der Waals surface area contributed by atoms with Gasteiger partial charge in [0, 0.05) is 11.6 Å². The van der Waals surface area contributed by atoms with E-state index in [0.29, 0.717) is 11.4 Å². The number of fused-ring (bicyclic) bond motifs is 1. The fourth-order valence-electron chi connectivity index (χ4n) is 2.50. The summed E-state index contributed by atoms with van der Waals surface area (Å²) in [5, 5.41) is 9.06. The number of H-pyrrole nitrogens is 1. The Morgan fingerprint density at radius 2 is 2.08 bits per heavy atom. The molecule has 0 aliphatic carbocycles. The van der Waals surface area contributed by atoms with Gasteiger partial charge in [0.1, 0.15) is 5.82 Å². The van der Waals surface area contributed by atoms with Crippen LogP contribution in [0.3, 0.4) is 0 Å². The van der Waals surface area contributed by atoms with Gasteiger partial charge in [0.25, 0.3) is 11.5 Å². The third-order valence-electron chi connectivity index (χ3n) is 3.71. The van der Waals surface area contributed by atoms with E-state index in [1.54, 1.807) is 12.1 Å². The van der Waals surface area contributed by atoms with Crippen LogP contribution in [-0.4, -0.2) is 25.5 Å². The zero-order valence-corrected chi connectivity index (χ0v) is 14.0. The van der Waals surface area contributed by atoms with Crippen molar-refractivity contribution in [1.29, 1.82) is 0 Å². The fourth-order valence-corrected chi connectivity index (χ4v) is 3.16. The van der Waals surface area contributed by atoms with Gasteiger partial charge in [-0.1, -0.05) is 24.3 Å². The Kier molecular flexibility index (Phi) is 3.66. The number of aromatic amines is 1. The number of hydrogen-bond acceptors (Lipinski definition) is 5. The first-order valence-corrected chi connectivity index (χ1v) is 8.41. The number of nitrogens with zero attached hydrogens (tertiary/aromatic N) is 3. The summed E-state index contributed by atoms with van der Waals surface area (Å²) in [5.41, 5.74) is 1.02. The van der Waals surface area contributed by atoms with Gasteiger partial charge in [-0.2, -0.15) is 9.50 Å². The van der Waals surface area contributed by atoms with Gasteiger partial charge in [0.05, 0.1) is 4.88 Å². The minimum Gasteiger partial charge on any atom is -0.306 e. The molecule has 124 valence electrons. The van der Waals surface area contributed by atoms with E-state index in [4.69, 9.17) is 0 Å². The first-order valence-electron chi connectivity index (χ1n) is 7.53. The molecule has 0 saturated heterocycles. The number of hydrogen-bond donors (Lipinski definition) is 2. The lowest BCUT2D eigenvalue weighted by Gasteiger charge is -2.08. The summed E-state index contributed by atoms with van der Waals surface area (Å²) in [6.07, 6.45) is 0. The number of nitrogens with one attached hydrogen (secondary N) is 2. The second-order valence-electron chi connectivity index (χ2n) is 5.44. The average Bonchev–Trinajstić information content (AvgIpc) is 3.24. The fraction of sp³-hybridized carbons (Fsp3) is 0.0588. The summed E-state index contributed by atoms with van der Waals surface area (Å²) >= 11 is 1.50. The molecule has 25 heavy (non-hydrogen) atoms. The Morgan fingerprint density at radius 1 is 1.24 bits per heavy atom. The quantitative estimate of drug-likeness (QED) is 0.593. The molecule has 0 spiro atoms. The van der Waals surface area contributed by atoms with Crippen LogP contribution in [0.5, 0.6) is 0 Å². The Labute approximate surface area is 146 Å². The minimum absolute atomic E-state index is 0.266. The third kappa shape index (κ3) is 2.83. The maximum absolute atomic E-state index is 12.5.